The molecular formula is C18H21N3O. The molecule has 4 nitrogen and oxygen atoms in total. The molecule has 0 radical (unpaired) electrons. The molecule has 0 spiro atoms. The Morgan fingerprint density at radius 3 is 2.59 bits per heavy atom. The van der Waals surface area contributed by atoms with Crippen molar-refractivity contribution < 1.29 is 0 Å². The van der Waals surface area contributed by atoms with Gasteiger partial charge in [-0.1, -0.05) is 43.7 Å². The van der Waals surface area contributed by atoms with Crippen molar-refractivity contribution in [2.75, 3.05) is 0 Å². The standard InChI is InChI=1S/C18H21N3O/c1-4-5-11-15-12(2)19-17-16(14-9-7-6-8-10-14)13(3)20-21(17)18(15)22/h6-10,20H,4-5,11H2,1-3H3. The second kappa shape index (κ2) is 5.79. The minimum absolute atomic E-state index is 0.0289. The van der Waals surface area contributed by atoms with E-state index < -0.39 is 0 Å². The summed E-state index contributed by atoms with van der Waals surface area (Å²) >= 11 is 0. The largest absolute Gasteiger partial charge is 0.293 e. The number of aromatic amines is 1. The van der Waals surface area contributed by atoms with Crippen LogP contribution in [0.2, 0.25) is 0 Å². The molecule has 1 aromatic carbocycles. The summed E-state index contributed by atoms with van der Waals surface area (Å²) in [6.45, 7) is 6.05. The molecule has 0 aliphatic carbocycles. The van der Waals surface area contributed by atoms with Gasteiger partial charge in [0.05, 0.1) is 0 Å². The fraction of sp³-hybridized carbons (Fsp3) is 0.333. The summed E-state index contributed by atoms with van der Waals surface area (Å²) in [7, 11) is 0. The lowest BCUT2D eigenvalue weighted by atomic mass is 10.1. The van der Waals surface area contributed by atoms with Crippen molar-refractivity contribution in [3.05, 3.63) is 57.6 Å². The van der Waals surface area contributed by atoms with Gasteiger partial charge in [-0.15, -0.1) is 0 Å². The third-order valence-corrected chi connectivity index (χ3v) is 4.10. The molecule has 0 aliphatic heterocycles. The highest BCUT2D eigenvalue weighted by Crippen LogP contribution is 2.26. The van der Waals surface area contributed by atoms with Crippen LogP contribution in [0.3, 0.4) is 0 Å². The van der Waals surface area contributed by atoms with Gasteiger partial charge < -0.3 is 0 Å². The number of aromatic nitrogens is 3. The number of nitrogens with one attached hydrogen (secondary N) is 1. The second-order valence-electron chi connectivity index (χ2n) is 5.72. The number of nitrogens with zero attached hydrogens (tertiary/aromatic N) is 2. The van der Waals surface area contributed by atoms with E-state index in [1.54, 1.807) is 4.52 Å². The molecule has 1 N–H and O–H groups in total. The number of benzene rings is 1. The van der Waals surface area contributed by atoms with E-state index in [0.29, 0.717) is 5.65 Å². The first-order valence-corrected chi connectivity index (χ1v) is 7.79. The van der Waals surface area contributed by atoms with Crippen molar-refractivity contribution in [3.8, 4) is 11.1 Å². The first-order valence-electron chi connectivity index (χ1n) is 7.79. The highest BCUT2D eigenvalue weighted by molar-refractivity contribution is 5.79. The molecule has 4 heteroatoms. The van der Waals surface area contributed by atoms with Crippen molar-refractivity contribution in [2.45, 2.75) is 40.0 Å². The van der Waals surface area contributed by atoms with E-state index in [2.05, 4.69) is 12.0 Å². The Hall–Kier alpha value is -2.36. The number of rotatable bonds is 4. The van der Waals surface area contributed by atoms with Crippen LogP contribution in [0.15, 0.2) is 35.1 Å². The normalized spacial score (nSPS) is 11.2. The number of hydrogen-bond donors (Lipinski definition) is 1. The average molecular weight is 295 g/mol. The molecule has 0 saturated carbocycles. The maximum absolute atomic E-state index is 12.7. The SMILES string of the molecule is CCCCc1c(C)nc2c(-c3ccccc3)c(C)[nH]n2c1=O. The van der Waals surface area contributed by atoms with Crippen LogP contribution in [0.25, 0.3) is 16.8 Å². The van der Waals surface area contributed by atoms with E-state index in [-0.39, 0.29) is 5.56 Å². The Labute approximate surface area is 129 Å². The summed E-state index contributed by atoms with van der Waals surface area (Å²) in [6, 6.07) is 10.1. The fourth-order valence-electron chi connectivity index (χ4n) is 2.92. The second-order valence-corrected chi connectivity index (χ2v) is 5.72. The van der Waals surface area contributed by atoms with Crippen LogP contribution in [-0.2, 0) is 6.42 Å². The van der Waals surface area contributed by atoms with Gasteiger partial charge in [-0.3, -0.25) is 9.89 Å². The molecule has 0 amide bonds. The summed E-state index contributed by atoms with van der Waals surface area (Å²) in [5.74, 6) is 0. The molecule has 2 heterocycles. The molecule has 3 aromatic rings. The van der Waals surface area contributed by atoms with Crippen molar-refractivity contribution >= 4 is 5.65 Å². The quantitative estimate of drug-likeness (QED) is 0.798. The third-order valence-electron chi connectivity index (χ3n) is 4.10. The zero-order valence-electron chi connectivity index (χ0n) is 13.3. The van der Waals surface area contributed by atoms with E-state index in [4.69, 9.17) is 4.98 Å². The zero-order chi connectivity index (χ0) is 15.7. The molecule has 2 aromatic heterocycles. The highest BCUT2D eigenvalue weighted by Gasteiger charge is 2.16. The van der Waals surface area contributed by atoms with Crippen molar-refractivity contribution in [3.63, 3.8) is 0 Å². The summed E-state index contributed by atoms with van der Waals surface area (Å²) in [4.78, 5) is 17.5. The van der Waals surface area contributed by atoms with Gasteiger partial charge in [0.1, 0.15) is 0 Å². The van der Waals surface area contributed by atoms with Crippen LogP contribution in [-0.4, -0.2) is 14.6 Å². The summed E-state index contributed by atoms with van der Waals surface area (Å²) in [6.07, 6.45) is 2.87. The van der Waals surface area contributed by atoms with Crippen molar-refractivity contribution in [2.24, 2.45) is 0 Å². The maximum atomic E-state index is 12.7. The lowest BCUT2D eigenvalue weighted by molar-refractivity contribution is 0.757. The van der Waals surface area contributed by atoms with Crippen LogP contribution in [0.1, 0.15) is 36.7 Å². The Balaban J connectivity index is 2.26. The molecule has 0 bridgehead atoms. The number of hydrogen-bond acceptors (Lipinski definition) is 2. The van der Waals surface area contributed by atoms with Crippen LogP contribution in [0.4, 0.5) is 0 Å². The van der Waals surface area contributed by atoms with Gasteiger partial charge in [0.15, 0.2) is 5.65 Å². The van der Waals surface area contributed by atoms with Gasteiger partial charge in [0.2, 0.25) is 0 Å². The molecule has 114 valence electrons. The monoisotopic (exact) mass is 295 g/mol. The average Bonchev–Trinajstić information content (AvgIpc) is 2.84. The lowest BCUT2D eigenvalue weighted by Gasteiger charge is -2.05. The Morgan fingerprint density at radius 1 is 1.18 bits per heavy atom. The molecule has 22 heavy (non-hydrogen) atoms. The van der Waals surface area contributed by atoms with Crippen molar-refractivity contribution in [1.29, 1.82) is 0 Å². The van der Waals surface area contributed by atoms with Gasteiger partial charge in [0.25, 0.3) is 5.56 Å². The minimum atomic E-state index is 0.0289. The number of aryl methyl sites for hydroxylation is 2. The zero-order valence-corrected chi connectivity index (χ0v) is 13.3. The summed E-state index contributed by atoms with van der Waals surface area (Å²) in [5, 5.41) is 3.18. The van der Waals surface area contributed by atoms with Gasteiger partial charge in [0, 0.05) is 22.5 Å². The molecule has 0 atom stereocenters. The van der Waals surface area contributed by atoms with E-state index in [1.165, 1.54) is 0 Å². The van der Waals surface area contributed by atoms with E-state index in [0.717, 1.165) is 47.3 Å². The molecule has 0 unspecified atom stereocenters. The minimum Gasteiger partial charge on any atom is -0.293 e. The molecular weight excluding hydrogens is 274 g/mol. The Bertz CT molecular complexity index is 859. The molecule has 3 rings (SSSR count). The van der Waals surface area contributed by atoms with Gasteiger partial charge >= 0.3 is 0 Å². The van der Waals surface area contributed by atoms with E-state index in [1.807, 2.05) is 44.2 Å². The third kappa shape index (κ3) is 2.34. The number of unbranched alkanes of at least 4 members (excludes halogenated alkanes) is 1. The first kappa shape index (κ1) is 14.6. The Kier molecular flexibility index (Phi) is 3.84. The maximum Gasteiger partial charge on any atom is 0.276 e. The van der Waals surface area contributed by atoms with E-state index in [9.17, 15) is 4.79 Å². The summed E-state index contributed by atoms with van der Waals surface area (Å²) < 4.78 is 1.59. The van der Waals surface area contributed by atoms with Gasteiger partial charge in [-0.2, -0.15) is 0 Å². The number of H-pyrrole nitrogens is 1. The Morgan fingerprint density at radius 2 is 1.91 bits per heavy atom. The van der Waals surface area contributed by atoms with Crippen LogP contribution < -0.4 is 5.56 Å². The van der Waals surface area contributed by atoms with Crippen LogP contribution >= 0.6 is 0 Å². The highest BCUT2D eigenvalue weighted by atomic mass is 16.1. The predicted molar refractivity (Wildman–Crippen MR) is 89.3 cm³/mol. The summed E-state index contributed by atoms with van der Waals surface area (Å²) in [5.41, 5.74) is 5.44. The van der Waals surface area contributed by atoms with Crippen LogP contribution in [0, 0.1) is 13.8 Å². The molecule has 0 saturated heterocycles. The lowest BCUT2D eigenvalue weighted by Crippen LogP contribution is -2.22. The van der Waals surface area contributed by atoms with Crippen LogP contribution in [0.5, 0.6) is 0 Å². The fourth-order valence-corrected chi connectivity index (χ4v) is 2.92. The molecule has 0 fully saturated rings. The topological polar surface area (TPSA) is 50.2 Å². The predicted octanol–water partition coefficient (Wildman–Crippen LogP) is 3.65. The smallest absolute Gasteiger partial charge is 0.276 e. The first-order chi connectivity index (χ1) is 10.6. The van der Waals surface area contributed by atoms with Gasteiger partial charge in [-0.05, 0) is 32.3 Å². The van der Waals surface area contributed by atoms with E-state index >= 15 is 0 Å². The molecule has 0 aliphatic rings. The van der Waals surface area contributed by atoms with Crippen molar-refractivity contribution in [1.82, 2.24) is 14.6 Å². The van der Waals surface area contributed by atoms with Gasteiger partial charge in [-0.25, -0.2) is 9.50 Å². The number of fused-ring (bicyclic) bond motifs is 1.